The van der Waals surface area contributed by atoms with E-state index < -0.39 is 0 Å². The van der Waals surface area contributed by atoms with Crippen LogP contribution in [0, 0.1) is 25.2 Å². The molecule has 0 radical (unpaired) electrons. The lowest BCUT2D eigenvalue weighted by Crippen LogP contribution is -1.76. The largest absolute Gasteiger partial charge is 0.357 e. The van der Waals surface area contributed by atoms with E-state index in [0.29, 0.717) is 0 Å². The fourth-order valence-electron chi connectivity index (χ4n) is 1.45. The normalized spacial score (nSPS) is 10.1. The number of hydrogen-bond donors (Lipinski definition) is 1. The second kappa shape index (κ2) is 3.32. The summed E-state index contributed by atoms with van der Waals surface area (Å²) in [5, 5.41) is 10.9. The Morgan fingerprint density at radius 1 is 1.43 bits per heavy atom. The van der Waals surface area contributed by atoms with Crippen LogP contribution in [0.5, 0.6) is 0 Å². The first kappa shape index (κ1) is 9.04. The van der Waals surface area contributed by atoms with Gasteiger partial charge in [-0.15, -0.1) is 11.3 Å². The van der Waals surface area contributed by atoms with E-state index in [9.17, 15) is 0 Å². The molecule has 1 N–H and O–H groups in total. The molecule has 0 bridgehead atoms. The minimum absolute atomic E-state index is 0.729. The van der Waals surface area contributed by atoms with Gasteiger partial charge in [0, 0.05) is 5.69 Å². The van der Waals surface area contributed by atoms with Gasteiger partial charge < -0.3 is 4.98 Å². The molecule has 0 unspecified atom stereocenters. The zero-order valence-electron chi connectivity index (χ0n) is 8.09. The number of thiophene rings is 1. The zero-order chi connectivity index (χ0) is 10.1. The van der Waals surface area contributed by atoms with E-state index in [-0.39, 0.29) is 0 Å². The highest BCUT2D eigenvalue weighted by molar-refractivity contribution is 7.13. The lowest BCUT2D eigenvalue weighted by molar-refractivity contribution is 1.25. The highest BCUT2D eigenvalue weighted by atomic mass is 32.1. The van der Waals surface area contributed by atoms with Gasteiger partial charge in [-0.25, -0.2) is 0 Å². The molecule has 2 rings (SSSR count). The zero-order valence-corrected chi connectivity index (χ0v) is 8.90. The van der Waals surface area contributed by atoms with Crippen molar-refractivity contribution in [2.24, 2.45) is 0 Å². The fraction of sp³-hybridized carbons (Fsp3) is 0.182. The molecule has 2 nitrogen and oxygen atoms in total. The number of aryl methyl sites for hydroxylation is 2. The number of hydrogen-bond acceptors (Lipinski definition) is 2. The van der Waals surface area contributed by atoms with Gasteiger partial charge in [0.1, 0.15) is 6.07 Å². The molecule has 0 saturated carbocycles. The molecule has 2 heterocycles. The Labute approximate surface area is 86.8 Å². The van der Waals surface area contributed by atoms with Gasteiger partial charge in [0.25, 0.3) is 0 Å². The minimum atomic E-state index is 0.729. The average molecular weight is 202 g/mol. The Bertz CT molecular complexity index is 500. The summed E-state index contributed by atoms with van der Waals surface area (Å²) in [6.45, 7) is 4.00. The number of nitrogens with one attached hydrogen (secondary N) is 1. The van der Waals surface area contributed by atoms with Crippen molar-refractivity contribution in [3.63, 3.8) is 0 Å². The van der Waals surface area contributed by atoms with Crippen molar-refractivity contribution >= 4 is 11.3 Å². The number of rotatable bonds is 1. The van der Waals surface area contributed by atoms with E-state index in [1.54, 1.807) is 11.3 Å². The van der Waals surface area contributed by atoms with Crippen LogP contribution < -0.4 is 0 Å². The maximum Gasteiger partial charge on any atom is 0.101 e. The molecular weight excluding hydrogens is 192 g/mol. The molecule has 3 heteroatoms. The maximum absolute atomic E-state index is 8.83. The molecule has 0 spiro atoms. The standard InChI is InChI=1S/C11H10N2S/c1-7-3-4-14-11(7)10-5-9(6-12)8(2)13-10/h3-5,13H,1-2H3. The van der Waals surface area contributed by atoms with Crippen LogP contribution in [-0.2, 0) is 0 Å². The summed E-state index contributed by atoms with van der Waals surface area (Å²) in [5.41, 5.74) is 3.97. The van der Waals surface area contributed by atoms with Crippen LogP contribution in [0.3, 0.4) is 0 Å². The van der Waals surface area contributed by atoms with Crippen LogP contribution in [0.4, 0.5) is 0 Å². The summed E-state index contributed by atoms with van der Waals surface area (Å²) < 4.78 is 0. The molecule has 0 amide bonds. The summed E-state index contributed by atoms with van der Waals surface area (Å²) in [4.78, 5) is 4.44. The van der Waals surface area contributed by atoms with Gasteiger partial charge in [0.2, 0.25) is 0 Å². The van der Waals surface area contributed by atoms with Crippen molar-refractivity contribution in [2.45, 2.75) is 13.8 Å². The quantitative estimate of drug-likeness (QED) is 0.757. The summed E-state index contributed by atoms with van der Waals surface area (Å²) in [6.07, 6.45) is 0. The van der Waals surface area contributed by atoms with Crippen LogP contribution >= 0.6 is 11.3 Å². The third-order valence-corrected chi connectivity index (χ3v) is 3.29. The third kappa shape index (κ3) is 1.34. The van der Waals surface area contributed by atoms with Crippen LogP contribution in [0.25, 0.3) is 10.6 Å². The summed E-state index contributed by atoms with van der Waals surface area (Å²) in [5.74, 6) is 0. The lowest BCUT2D eigenvalue weighted by Gasteiger charge is -1.93. The predicted octanol–water partition coefficient (Wildman–Crippen LogP) is 3.23. The first-order chi connectivity index (χ1) is 6.72. The molecule has 14 heavy (non-hydrogen) atoms. The number of aromatic amines is 1. The highest BCUT2D eigenvalue weighted by Gasteiger charge is 2.08. The van der Waals surface area contributed by atoms with Crippen molar-refractivity contribution in [1.29, 1.82) is 5.26 Å². The molecule has 0 aliphatic rings. The molecule has 0 atom stereocenters. The molecule has 70 valence electrons. The van der Waals surface area contributed by atoms with Crippen LogP contribution in [0.1, 0.15) is 16.8 Å². The molecule has 0 saturated heterocycles. The predicted molar refractivity (Wildman–Crippen MR) is 58.3 cm³/mol. The van der Waals surface area contributed by atoms with E-state index in [1.165, 1.54) is 10.4 Å². The van der Waals surface area contributed by atoms with Crippen LogP contribution in [-0.4, -0.2) is 4.98 Å². The molecule has 0 aliphatic heterocycles. The second-order valence-corrected chi connectivity index (χ2v) is 4.18. The van der Waals surface area contributed by atoms with E-state index in [4.69, 9.17) is 5.26 Å². The van der Waals surface area contributed by atoms with Crippen molar-refractivity contribution in [2.75, 3.05) is 0 Å². The van der Waals surface area contributed by atoms with Gasteiger partial charge in [-0.05, 0) is 36.9 Å². The second-order valence-electron chi connectivity index (χ2n) is 3.27. The van der Waals surface area contributed by atoms with Crippen molar-refractivity contribution in [3.8, 4) is 16.6 Å². The van der Waals surface area contributed by atoms with E-state index in [2.05, 4.69) is 29.4 Å². The third-order valence-electron chi connectivity index (χ3n) is 2.24. The minimum Gasteiger partial charge on any atom is -0.357 e. The average Bonchev–Trinajstić information content (AvgIpc) is 2.71. The highest BCUT2D eigenvalue weighted by Crippen LogP contribution is 2.29. The maximum atomic E-state index is 8.83. The van der Waals surface area contributed by atoms with E-state index >= 15 is 0 Å². The van der Waals surface area contributed by atoms with Gasteiger partial charge in [-0.3, -0.25) is 0 Å². The summed E-state index contributed by atoms with van der Waals surface area (Å²) >= 11 is 1.69. The molecule has 2 aromatic rings. The lowest BCUT2D eigenvalue weighted by atomic mass is 10.2. The first-order valence-electron chi connectivity index (χ1n) is 4.36. The molecule has 2 aromatic heterocycles. The topological polar surface area (TPSA) is 39.6 Å². The monoisotopic (exact) mass is 202 g/mol. The number of nitriles is 1. The SMILES string of the molecule is Cc1ccsc1-c1cc(C#N)c(C)[nH]1. The number of nitrogens with zero attached hydrogens (tertiary/aromatic N) is 1. The van der Waals surface area contributed by atoms with Gasteiger partial charge in [0.15, 0.2) is 0 Å². The molecule has 0 aromatic carbocycles. The van der Waals surface area contributed by atoms with Gasteiger partial charge in [0.05, 0.1) is 16.1 Å². The number of H-pyrrole nitrogens is 1. The fourth-order valence-corrected chi connectivity index (χ4v) is 2.34. The Balaban J connectivity index is 2.54. The van der Waals surface area contributed by atoms with E-state index in [1.807, 2.05) is 13.0 Å². The van der Waals surface area contributed by atoms with Crippen molar-refractivity contribution in [1.82, 2.24) is 4.98 Å². The smallest absolute Gasteiger partial charge is 0.101 e. The molecular formula is C11H10N2S. The Morgan fingerprint density at radius 2 is 2.21 bits per heavy atom. The van der Waals surface area contributed by atoms with Gasteiger partial charge in [-0.2, -0.15) is 5.26 Å². The molecule has 0 fully saturated rings. The Morgan fingerprint density at radius 3 is 2.71 bits per heavy atom. The summed E-state index contributed by atoms with van der Waals surface area (Å²) in [6, 6.07) is 6.17. The van der Waals surface area contributed by atoms with Crippen LogP contribution in [0.15, 0.2) is 17.5 Å². The summed E-state index contributed by atoms with van der Waals surface area (Å²) in [7, 11) is 0. The number of aromatic nitrogens is 1. The van der Waals surface area contributed by atoms with E-state index in [0.717, 1.165) is 17.0 Å². The Kier molecular flexibility index (Phi) is 2.14. The van der Waals surface area contributed by atoms with Gasteiger partial charge >= 0.3 is 0 Å². The van der Waals surface area contributed by atoms with Crippen LogP contribution in [0.2, 0.25) is 0 Å². The Hall–Kier alpha value is -1.53. The van der Waals surface area contributed by atoms with Crippen molar-refractivity contribution < 1.29 is 0 Å². The molecule has 0 aliphatic carbocycles. The van der Waals surface area contributed by atoms with Gasteiger partial charge in [-0.1, -0.05) is 0 Å². The first-order valence-corrected chi connectivity index (χ1v) is 5.24. The van der Waals surface area contributed by atoms with Crippen molar-refractivity contribution in [3.05, 3.63) is 34.3 Å².